The fourth-order valence-electron chi connectivity index (χ4n) is 2.64. The van der Waals surface area contributed by atoms with Gasteiger partial charge in [-0.05, 0) is 56.6 Å². The van der Waals surface area contributed by atoms with Gasteiger partial charge in [-0.1, -0.05) is 0 Å². The van der Waals surface area contributed by atoms with E-state index in [1.54, 1.807) is 18.7 Å². The second kappa shape index (κ2) is 5.78. The first-order chi connectivity index (χ1) is 9.66. The molecule has 1 heterocycles. The van der Waals surface area contributed by atoms with Gasteiger partial charge in [0.25, 0.3) is 0 Å². The minimum atomic E-state index is -3.70. The number of anilines is 1. The van der Waals surface area contributed by atoms with Crippen LogP contribution in [-0.4, -0.2) is 25.5 Å². The monoisotopic (exact) mass is 332 g/mol. The molecule has 1 unspecified atom stereocenters. The molecular formula is C14H21FN2O2S2. The molecule has 1 aliphatic heterocycles. The van der Waals surface area contributed by atoms with Crippen molar-refractivity contribution in [2.75, 3.05) is 18.0 Å². The summed E-state index contributed by atoms with van der Waals surface area (Å²) in [5, 5.41) is 0. The van der Waals surface area contributed by atoms with E-state index in [9.17, 15) is 12.8 Å². The molecular weight excluding hydrogens is 311 g/mol. The van der Waals surface area contributed by atoms with Gasteiger partial charge in [0.15, 0.2) is 0 Å². The molecule has 0 spiro atoms. The van der Waals surface area contributed by atoms with Crippen molar-refractivity contribution in [3.05, 3.63) is 23.0 Å². The van der Waals surface area contributed by atoms with Crippen LogP contribution in [0.3, 0.4) is 0 Å². The van der Waals surface area contributed by atoms with E-state index in [-0.39, 0.29) is 20.9 Å². The van der Waals surface area contributed by atoms with E-state index >= 15 is 0 Å². The highest BCUT2D eigenvalue weighted by Gasteiger charge is 2.32. The molecule has 21 heavy (non-hydrogen) atoms. The zero-order valence-corrected chi connectivity index (χ0v) is 14.1. The Morgan fingerprint density at radius 3 is 2.71 bits per heavy atom. The molecule has 1 aliphatic rings. The number of nitrogens with one attached hydrogen (secondary N) is 1. The molecule has 4 nitrogen and oxygen atoms in total. The second-order valence-electron chi connectivity index (χ2n) is 5.77. The molecule has 0 aliphatic carbocycles. The molecule has 2 rings (SSSR count). The molecule has 1 aromatic carbocycles. The van der Waals surface area contributed by atoms with Crippen molar-refractivity contribution in [1.82, 2.24) is 4.72 Å². The topological polar surface area (TPSA) is 72.2 Å². The van der Waals surface area contributed by atoms with E-state index in [0.29, 0.717) is 12.1 Å². The molecule has 0 amide bonds. The summed E-state index contributed by atoms with van der Waals surface area (Å²) in [5.74, 6) is 0.474. The van der Waals surface area contributed by atoms with Gasteiger partial charge in [0.05, 0.1) is 10.6 Å². The van der Waals surface area contributed by atoms with Crippen molar-refractivity contribution in [1.29, 1.82) is 0 Å². The highest BCUT2D eigenvalue weighted by molar-refractivity contribution is 8.01. The summed E-state index contributed by atoms with van der Waals surface area (Å²) in [7, 11) is -3.70. The summed E-state index contributed by atoms with van der Waals surface area (Å²) in [6.45, 7) is 5.55. The third-order valence-corrected chi connectivity index (χ3v) is 7.14. The van der Waals surface area contributed by atoms with Gasteiger partial charge < -0.3 is 5.73 Å². The summed E-state index contributed by atoms with van der Waals surface area (Å²) >= 11 is 1.78. The maximum atomic E-state index is 13.6. The summed E-state index contributed by atoms with van der Waals surface area (Å²) in [6.07, 6.45) is 2.09. The average Bonchev–Trinajstić information content (AvgIpc) is 2.81. The van der Waals surface area contributed by atoms with E-state index in [1.807, 2.05) is 0 Å². The van der Waals surface area contributed by atoms with Gasteiger partial charge in [-0.3, -0.25) is 0 Å². The number of hydrogen-bond acceptors (Lipinski definition) is 4. The number of nitrogens with two attached hydrogens (primary N) is 1. The highest BCUT2D eigenvalue weighted by atomic mass is 32.2. The number of thioether (sulfide) groups is 1. The lowest BCUT2D eigenvalue weighted by molar-refractivity contribution is 0.551. The Balaban J connectivity index is 2.30. The largest absolute Gasteiger partial charge is 0.396 e. The quantitative estimate of drug-likeness (QED) is 0.831. The number of rotatable bonds is 4. The number of nitrogen functional groups attached to an aromatic ring is 1. The smallest absolute Gasteiger partial charge is 0.241 e. The Labute approximate surface area is 129 Å². The highest BCUT2D eigenvalue weighted by Crippen LogP contribution is 2.37. The molecule has 7 heteroatoms. The van der Waals surface area contributed by atoms with Crippen molar-refractivity contribution in [3.63, 3.8) is 0 Å². The molecule has 1 fully saturated rings. The number of sulfonamides is 1. The first-order valence-corrected chi connectivity index (χ1v) is 9.32. The molecule has 1 atom stereocenters. The predicted molar refractivity (Wildman–Crippen MR) is 85.6 cm³/mol. The van der Waals surface area contributed by atoms with Crippen LogP contribution < -0.4 is 10.5 Å². The summed E-state index contributed by atoms with van der Waals surface area (Å²) in [5.41, 5.74) is 6.15. The summed E-state index contributed by atoms with van der Waals surface area (Å²) < 4.78 is 41.2. The van der Waals surface area contributed by atoms with Gasteiger partial charge in [-0.15, -0.1) is 0 Å². The first-order valence-electron chi connectivity index (χ1n) is 6.85. The van der Waals surface area contributed by atoms with Crippen LogP contribution >= 0.6 is 11.8 Å². The lowest BCUT2D eigenvalue weighted by atomic mass is 10.1. The fraction of sp³-hybridized carbons (Fsp3) is 0.571. The maximum Gasteiger partial charge on any atom is 0.241 e. The van der Waals surface area contributed by atoms with Crippen molar-refractivity contribution in [2.45, 2.75) is 43.3 Å². The van der Waals surface area contributed by atoms with Crippen LogP contribution in [0.2, 0.25) is 0 Å². The Morgan fingerprint density at radius 1 is 1.48 bits per heavy atom. The maximum absolute atomic E-state index is 13.6. The predicted octanol–water partition coefficient (Wildman–Crippen LogP) is 2.59. The molecule has 1 aromatic rings. The number of hydrogen-bond donors (Lipinski definition) is 2. The summed E-state index contributed by atoms with van der Waals surface area (Å²) in [6, 6.07) is 1.17. The van der Waals surface area contributed by atoms with Crippen LogP contribution in [-0.2, 0) is 10.0 Å². The number of halogens is 1. The standard InChI is InChI=1S/C14H21FN2O2S2/c1-9-7-11(15)12(16)10(2)13(9)21(18,19)17-8-14(3)5-4-6-20-14/h7,17H,4-6,8,16H2,1-3H3. The minimum Gasteiger partial charge on any atom is -0.396 e. The van der Waals surface area contributed by atoms with E-state index in [0.717, 1.165) is 18.6 Å². The van der Waals surface area contributed by atoms with Crippen LogP contribution in [0.4, 0.5) is 10.1 Å². The van der Waals surface area contributed by atoms with Crippen LogP contribution in [0.15, 0.2) is 11.0 Å². The van der Waals surface area contributed by atoms with Crippen molar-refractivity contribution < 1.29 is 12.8 Å². The van der Waals surface area contributed by atoms with Crippen molar-refractivity contribution in [2.24, 2.45) is 0 Å². The van der Waals surface area contributed by atoms with Gasteiger partial charge >= 0.3 is 0 Å². The Bertz CT molecular complexity index is 653. The van der Waals surface area contributed by atoms with Crippen molar-refractivity contribution >= 4 is 27.5 Å². The van der Waals surface area contributed by atoms with Crippen LogP contribution in [0.1, 0.15) is 30.9 Å². The zero-order chi connectivity index (χ0) is 15.8. The van der Waals surface area contributed by atoms with Gasteiger partial charge in [0.1, 0.15) is 5.82 Å². The lowest BCUT2D eigenvalue weighted by Gasteiger charge is -2.23. The SMILES string of the molecule is Cc1cc(F)c(N)c(C)c1S(=O)(=O)NCC1(C)CCCS1. The third kappa shape index (κ3) is 3.35. The van der Waals surface area contributed by atoms with E-state index in [4.69, 9.17) is 5.73 Å². The number of benzene rings is 1. The van der Waals surface area contributed by atoms with Gasteiger partial charge in [-0.25, -0.2) is 17.5 Å². The second-order valence-corrected chi connectivity index (χ2v) is 9.16. The van der Waals surface area contributed by atoms with Gasteiger partial charge in [0.2, 0.25) is 10.0 Å². The minimum absolute atomic E-state index is 0.0690. The zero-order valence-electron chi connectivity index (χ0n) is 12.5. The Kier molecular flexibility index (Phi) is 4.56. The van der Waals surface area contributed by atoms with Crippen LogP contribution in [0.5, 0.6) is 0 Å². The molecule has 1 saturated heterocycles. The molecule has 0 bridgehead atoms. The molecule has 0 aromatic heterocycles. The normalized spacial score (nSPS) is 22.7. The van der Waals surface area contributed by atoms with Crippen molar-refractivity contribution in [3.8, 4) is 0 Å². The molecule has 118 valence electrons. The summed E-state index contributed by atoms with van der Waals surface area (Å²) in [4.78, 5) is 0.0907. The van der Waals surface area contributed by atoms with E-state index < -0.39 is 15.8 Å². The van der Waals surface area contributed by atoms with Gasteiger partial charge in [-0.2, -0.15) is 11.8 Å². The molecule has 0 radical (unpaired) electrons. The number of aryl methyl sites for hydroxylation is 1. The Hall–Kier alpha value is -0.790. The molecule has 3 N–H and O–H groups in total. The average molecular weight is 332 g/mol. The van der Waals surface area contributed by atoms with Crippen LogP contribution in [0, 0.1) is 19.7 Å². The van der Waals surface area contributed by atoms with Crippen LogP contribution in [0.25, 0.3) is 0 Å². The van der Waals surface area contributed by atoms with Gasteiger partial charge in [0, 0.05) is 11.3 Å². The van der Waals surface area contributed by atoms with E-state index in [1.165, 1.54) is 13.0 Å². The first kappa shape index (κ1) is 16.6. The van der Waals surface area contributed by atoms with E-state index in [2.05, 4.69) is 11.6 Å². The lowest BCUT2D eigenvalue weighted by Crippen LogP contribution is -2.37. The Morgan fingerprint density at radius 2 is 2.14 bits per heavy atom. The third-order valence-electron chi connectivity index (χ3n) is 3.91. The molecule has 0 saturated carbocycles. The fourth-order valence-corrected chi connectivity index (χ4v) is 5.62.